The Bertz CT molecular complexity index is 511. The highest BCUT2D eigenvalue weighted by molar-refractivity contribution is 5.84. The molecule has 1 amide bonds. The molecule has 0 fully saturated rings. The fourth-order valence-corrected chi connectivity index (χ4v) is 2.13. The second-order valence-corrected chi connectivity index (χ2v) is 5.65. The van der Waals surface area contributed by atoms with E-state index in [0.717, 1.165) is 5.56 Å². The van der Waals surface area contributed by atoms with Crippen LogP contribution in [0.15, 0.2) is 24.3 Å². The van der Waals surface area contributed by atoms with Gasteiger partial charge in [-0.25, -0.2) is 0 Å². The summed E-state index contributed by atoms with van der Waals surface area (Å²) in [7, 11) is 0. The number of primary amides is 1. The first kappa shape index (κ1) is 16.5. The first-order chi connectivity index (χ1) is 8.90. The van der Waals surface area contributed by atoms with E-state index in [4.69, 9.17) is 5.73 Å². The van der Waals surface area contributed by atoms with Gasteiger partial charge in [0.2, 0.25) is 5.60 Å². The minimum atomic E-state index is -5.11. The van der Waals surface area contributed by atoms with Crippen molar-refractivity contribution in [3.63, 3.8) is 0 Å². The maximum atomic E-state index is 12.9. The highest BCUT2D eigenvalue weighted by Crippen LogP contribution is 2.41. The van der Waals surface area contributed by atoms with E-state index in [1.165, 1.54) is 13.8 Å². The number of amides is 1. The third-order valence-corrected chi connectivity index (χ3v) is 3.37. The van der Waals surface area contributed by atoms with E-state index in [2.05, 4.69) is 0 Å². The second-order valence-electron chi connectivity index (χ2n) is 5.65. The molecule has 1 aromatic rings. The Labute approximate surface area is 115 Å². The summed E-state index contributed by atoms with van der Waals surface area (Å²) in [6, 6.07) is 6.90. The van der Waals surface area contributed by atoms with E-state index >= 15 is 0 Å². The molecule has 0 aromatic heterocycles. The monoisotopic (exact) mass is 289 g/mol. The number of benzene rings is 1. The number of carbonyl (C=O) groups is 1. The van der Waals surface area contributed by atoms with Crippen LogP contribution < -0.4 is 5.73 Å². The summed E-state index contributed by atoms with van der Waals surface area (Å²) in [4.78, 5) is 11.1. The summed E-state index contributed by atoms with van der Waals surface area (Å²) in [5, 5.41) is 9.69. The fraction of sp³-hybridized carbons (Fsp3) is 0.500. The van der Waals surface area contributed by atoms with Gasteiger partial charge in [0, 0.05) is 6.42 Å². The van der Waals surface area contributed by atoms with Gasteiger partial charge in [-0.05, 0) is 17.9 Å². The van der Waals surface area contributed by atoms with Crippen molar-refractivity contribution < 1.29 is 23.1 Å². The van der Waals surface area contributed by atoms with Crippen molar-refractivity contribution in [2.24, 2.45) is 5.73 Å². The zero-order chi connectivity index (χ0) is 15.8. The Morgan fingerprint density at radius 1 is 1.30 bits per heavy atom. The Hall–Kier alpha value is -1.56. The number of aliphatic hydroxyl groups is 1. The molecule has 3 nitrogen and oxygen atoms in total. The summed E-state index contributed by atoms with van der Waals surface area (Å²) in [6.45, 7) is 4.87. The zero-order valence-electron chi connectivity index (χ0n) is 11.6. The number of hydrogen-bond acceptors (Lipinski definition) is 2. The molecule has 3 N–H and O–H groups in total. The van der Waals surface area contributed by atoms with Crippen molar-refractivity contribution in [1.29, 1.82) is 0 Å². The van der Waals surface area contributed by atoms with Gasteiger partial charge < -0.3 is 10.8 Å². The van der Waals surface area contributed by atoms with Crippen LogP contribution in [0, 0.1) is 6.92 Å². The molecule has 0 aliphatic rings. The van der Waals surface area contributed by atoms with Crippen LogP contribution in [0.1, 0.15) is 31.4 Å². The molecule has 112 valence electrons. The lowest BCUT2D eigenvalue weighted by molar-refractivity contribution is -0.255. The zero-order valence-corrected chi connectivity index (χ0v) is 11.6. The molecule has 6 heteroatoms. The predicted molar refractivity (Wildman–Crippen MR) is 69.0 cm³/mol. The van der Waals surface area contributed by atoms with Crippen LogP contribution in [0.4, 0.5) is 13.2 Å². The molecule has 0 spiro atoms. The summed E-state index contributed by atoms with van der Waals surface area (Å²) in [5.41, 5.74) is 1.64. The lowest BCUT2D eigenvalue weighted by Crippen LogP contribution is -2.58. The summed E-state index contributed by atoms with van der Waals surface area (Å²) in [5.74, 6) is -1.79. The minimum absolute atomic E-state index is 0.599. The third-order valence-electron chi connectivity index (χ3n) is 3.37. The Balaban J connectivity index is 3.20. The highest BCUT2D eigenvalue weighted by atomic mass is 19.4. The fourth-order valence-electron chi connectivity index (χ4n) is 2.13. The van der Waals surface area contributed by atoms with Crippen LogP contribution in [-0.2, 0) is 10.2 Å². The standard InChI is InChI=1S/C14H18F3NO2/c1-9-5-4-6-10(7-9)12(2,3)8-13(20,11(18)19)14(15,16)17/h4-7,20H,8H2,1-3H3,(H2,18,19). The van der Waals surface area contributed by atoms with Crippen LogP contribution >= 0.6 is 0 Å². The quantitative estimate of drug-likeness (QED) is 0.894. The predicted octanol–water partition coefficient (Wildman–Crippen LogP) is 2.44. The average molecular weight is 289 g/mol. The number of halogens is 3. The minimum Gasteiger partial charge on any atom is -0.373 e. The number of nitrogens with two attached hydrogens (primary N) is 1. The lowest BCUT2D eigenvalue weighted by atomic mass is 9.74. The van der Waals surface area contributed by atoms with Gasteiger partial charge in [-0.2, -0.15) is 13.2 Å². The van der Waals surface area contributed by atoms with Crippen molar-refractivity contribution in [3.8, 4) is 0 Å². The molecule has 0 saturated carbocycles. The lowest BCUT2D eigenvalue weighted by Gasteiger charge is -2.35. The number of hydrogen-bond donors (Lipinski definition) is 2. The van der Waals surface area contributed by atoms with E-state index in [-0.39, 0.29) is 0 Å². The molecule has 1 atom stereocenters. The summed E-state index contributed by atoms with van der Waals surface area (Å²) >= 11 is 0. The molecule has 0 aliphatic heterocycles. The van der Waals surface area contributed by atoms with Crippen LogP contribution in [-0.4, -0.2) is 22.8 Å². The van der Waals surface area contributed by atoms with E-state index < -0.39 is 29.5 Å². The van der Waals surface area contributed by atoms with Crippen molar-refractivity contribution >= 4 is 5.91 Å². The van der Waals surface area contributed by atoms with Crippen molar-refractivity contribution in [2.75, 3.05) is 0 Å². The van der Waals surface area contributed by atoms with E-state index in [0.29, 0.717) is 5.56 Å². The van der Waals surface area contributed by atoms with E-state index in [9.17, 15) is 23.1 Å². The third kappa shape index (κ3) is 3.12. The molecule has 1 rings (SSSR count). The van der Waals surface area contributed by atoms with Crippen molar-refractivity contribution in [3.05, 3.63) is 35.4 Å². The molecular weight excluding hydrogens is 271 g/mol. The van der Waals surface area contributed by atoms with Gasteiger partial charge in [-0.15, -0.1) is 0 Å². The van der Waals surface area contributed by atoms with Crippen molar-refractivity contribution in [1.82, 2.24) is 0 Å². The molecule has 0 saturated heterocycles. The maximum Gasteiger partial charge on any atom is 0.426 e. The smallest absolute Gasteiger partial charge is 0.373 e. The number of alkyl halides is 3. The van der Waals surface area contributed by atoms with Crippen LogP contribution in [0.5, 0.6) is 0 Å². The van der Waals surface area contributed by atoms with Crippen LogP contribution in [0.3, 0.4) is 0 Å². The first-order valence-corrected chi connectivity index (χ1v) is 6.06. The van der Waals surface area contributed by atoms with Gasteiger partial charge in [0.05, 0.1) is 0 Å². The maximum absolute atomic E-state index is 12.9. The van der Waals surface area contributed by atoms with Gasteiger partial charge in [0.1, 0.15) is 0 Å². The number of aryl methyl sites for hydroxylation is 1. The molecule has 1 unspecified atom stereocenters. The normalized spacial score (nSPS) is 15.8. The Morgan fingerprint density at radius 2 is 1.85 bits per heavy atom. The van der Waals surface area contributed by atoms with Crippen LogP contribution in [0.2, 0.25) is 0 Å². The van der Waals surface area contributed by atoms with Gasteiger partial charge in [-0.3, -0.25) is 4.79 Å². The number of rotatable bonds is 4. The average Bonchev–Trinajstić information content (AvgIpc) is 2.26. The SMILES string of the molecule is Cc1cccc(C(C)(C)CC(O)(C(N)=O)C(F)(F)F)c1. The summed E-state index contributed by atoms with van der Waals surface area (Å²) in [6.07, 6.45) is -5.94. The van der Waals surface area contributed by atoms with Gasteiger partial charge in [0.25, 0.3) is 5.91 Å². The molecule has 0 heterocycles. The summed E-state index contributed by atoms with van der Waals surface area (Å²) < 4.78 is 38.8. The van der Waals surface area contributed by atoms with Gasteiger partial charge >= 0.3 is 6.18 Å². The highest BCUT2D eigenvalue weighted by Gasteiger charge is 2.60. The topological polar surface area (TPSA) is 63.3 Å². The van der Waals surface area contributed by atoms with E-state index in [1.54, 1.807) is 18.2 Å². The molecule has 1 aromatic carbocycles. The largest absolute Gasteiger partial charge is 0.426 e. The molecule has 20 heavy (non-hydrogen) atoms. The molecule has 0 radical (unpaired) electrons. The van der Waals surface area contributed by atoms with Crippen LogP contribution in [0.25, 0.3) is 0 Å². The first-order valence-electron chi connectivity index (χ1n) is 6.06. The number of carbonyl (C=O) groups excluding carboxylic acids is 1. The Morgan fingerprint density at radius 3 is 2.25 bits per heavy atom. The van der Waals surface area contributed by atoms with Crippen molar-refractivity contribution in [2.45, 2.75) is 44.4 Å². The van der Waals surface area contributed by atoms with Gasteiger partial charge in [-0.1, -0.05) is 43.7 Å². The second kappa shape index (κ2) is 5.09. The molecular formula is C14H18F3NO2. The molecule has 0 bridgehead atoms. The Kier molecular flexibility index (Phi) is 4.20. The van der Waals surface area contributed by atoms with Gasteiger partial charge in [0.15, 0.2) is 0 Å². The molecule has 0 aliphatic carbocycles. The van der Waals surface area contributed by atoms with E-state index in [1.807, 2.05) is 13.0 Å².